The third-order valence-corrected chi connectivity index (χ3v) is 6.24. The van der Waals surface area contributed by atoms with E-state index in [1.54, 1.807) is 25.1 Å². The second-order valence-corrected chi connectivity index (χ2v) is 8.95. The molecule has 0 radical (unpaired) electrons. The summed E-state index contributed by atoms with van der Waals surface area (Å²) in [6.07, 6.45) is 1.78. The molecule has 0 spiro atoms. The number of hydrogen-bond donors (Lipinski definition) is 1. The van der Waals surface area contributed by atoms with E-state index in [2.05, 4.69) is 4.98 Å². The number of aryl methyl sites for hydroxylation is 1. The van der Waals surface area contributed by atoms with Crippen LogP contribution in [0.15, 0.2) is 72.8 Å². The highest BCUT2D eigenvalue weighted by Gasteiger charge is 2.24. The van der Waals surface area contributed by atoms with Crippen LogP contribution in [-0.2, 0) is 17.6 Å². The summed E-state index contributed by atoms with van der Waals surface area (Å²) in [5, 5.41) is 9.21. The average molecular weight is 504 g/mol. The standard InChI is InChI=1S/C29H27F2N3O3/c1-19(29(36)37)5-4-8-26-27(33-25-7-3-2-6-24(25)32-26)28(35)34(23-15-13-22(31)14-16-23)18-17-20-9-11-21(30)12-10-20/h2-3,6-7,9-16,19H,4-5,8,17-18H2,1H3,(H,36,37)/t19-/m0/s1. The van der Waals surface area contributed by atoms with E-state index in [4.69, 9.17) is 4.98 Å². The second kappa shape index (κ2) is 11.7. The zero-order valence-electron chi connectivity index (χ0n) is 20.4. The van der Waals surface area contributed by atoms with Crippen molar-refractivity contribution in [1.29, 1.82) is 0 Å². The van der Waals surface area contributed by atoms with E-state index in [1.807, 2.05) is 18.2 Å². The van der Waals surface area contributed by atoms with Crippen molar-refractivity contribution in [3.05, 3.63) is 101 Å². The minimum atomic E-state index is -0.871. The summed E-state index contributed by atoms with van der Waals surface area (Å²) in [5.41, 5.74) is 3.19. The van der Waals surface area contributed by atoms with Gasteiger partial charge in [0.1, 0.15) is 11.6 Å². The molecule has 4 rings (SSSR count). The Morgan fingerprint density at radius 3 is 2.08 bits per heavy atom. The van der Waals surface area contributed by atoms with Crippen LogP contribution >= 0.6 is 0 Å². The normalized spacial score (nSPS) is 11.9. The highest BCUT2D eigenvalue weighted by Crippen LogP contribution is 2.23. The fourth-order valence-electron chi connectivity index (χ4n) is 4.07. The van der Waals surface area contributed by atoms with Crippen LogP contribution in [0.25, 0.3) is 11.0 Å². The van der Waals surface area contributed by atoms with E-state index in [-0.39, 0.29) is 18.1 Å². The number of aromatic nitrogens is 2. The quantitative estimate of drug-likeness (QED) is 0.294. The number of hydrogen-bond acceptors (Lipinski definition) is 4. The van der Waals surface area contributed by atoms with Crippen molar-refractivity contribution >= 4 is 28.6 Å². The number of aliphatic carboxylic acids is 1. The SMILES string of the molecule is C[C@@H](CCCc1nc2ccccc2nc1C(=O)N(CCc1ccc(F)cc1)c1ccc(F)cc1)C(=O)O. The van der Waals surface area contributed by atoms with E-state index in [0.717, 1.165) is 5.56 Å². The summed E-state index contributed by atoms with van der Waals surface area (Å²) in [7, 11) is 0. The highest BCUT2D eigenvalue weighted by molar-refractivity contribution is 6.06. The molecule has 0 aliphatic heterocycles. The van der Waals surface area contributed by atoms with Crippen LogP contribution in [0.4, 0.5) is 14.5 Å². The minimum absolute atomic E-state index is 0.171. The number of carboxylic acid groups (broad SMARTS) is 1. The van der Waals surface area contributed by atoms with Gasteiger partial charge in [0.05, 0.1) is 22.6 Å². The Labute approximate surface area is 213 Å². The summed E-state index contributed by atoms with van der Waals surface area (Å²) in [4.78, 5) is 36.0. The Kier molecular flexibility index (Phi) is 8.18. The van der Waals surface area contributed by atoms with Crippen LogP contribution in [0.1, 0.15) is 41.5 Å². The zero-order valence-corrected chi connectivity index (χ0v) is 20.4. The van der Waals surface area contributed by atoms with Gasteiger partial charge in [0.15, 0.2) is 5.69 Å². The van der Waals surface area contributed by atoms with Crippen LogP contribution in [-0.4, -0.2) is 33.5 Å². The smallest absolute Gasteiger partial charge is 0.306 e. The van der Waals surface area contributed by atoms with Gasteiger partial charge in [0, 0.05) is 12.2 Å². The monoisotopic (exact) mass is 503 g/mol. The summed E-state index contributed by atoms with van der Waals surface area (Å²) < 4.78 is 27.0. The largest absolute Gasteiger partial charge is 0.481 e. The summed E-state index contributed by atoms with van der Waals surface area (Å²) in [6, 6.07) is 18.9. The maximum Gasteiger partial charge on any atom is 0.306 e. The Balaban J connectivity index is 1.68. The van der Waals surface area contributed by atoms with E-state index in [9.17, 15) is 23.5 Å². The molecule has 4 aromatic rings. The number of fused-ring (bicyclic) bond motifs is 1. The van der Waals surface area contributed by atoms with Crippen LogP contribution < -0.4 is 4.90 Å². The van der Waals surface area contributed by atoms with Gasteiger partial charge in [-0.25, -0.2) is 18.7 Å². The molecule has 0 bridgehead atoms. The van der Waals surface area contributed by atoms with Gasteiger partial charge in [0.25, 0.3) is 5.91 Å². The number of rotatable bonds is 10. The Morgan fingerprint density at radius 1 is 0.865 bits per heavy atom. The molecule has 37 heavy (non-hydrogen) atoms. The maximum atomic E-state index is 14.0. The molecule has 1 heterocycles. The van der Waals surface area contributed by atoms with Gasteiger partial charge in [-0.3, -0.25) is 9.59 Å². The first-order valence-corrected chi connectivity index (χ1v) is 12.1. The summed E-state index contributed by atoms with van der Waals surface area (Å²) in [6.45, 7) is 1.90. The second-order valence-electron chi connectivity index (χ2n) is 8.95. The number of halogens is 2. The predicted octanol–water partition coefficient (Wildman–Crippen LogP) is 5.84. The Morgan fingerprint density at radius 2 is 1.46 bits per heavy atom. The predicted molar refractivity (Wildman–Crippen MR) is 137 cm³/mol. The number of anilines is 1. The number of amides is 1. The van der Waals surface area contributed by atoms with Gasteiger partial charge in [-0.15, -0.1) is 0 Å². The molecule has 0 unspecified atom stereocenters. The Bertz CT molecular complexity index is 1390. The molecule has 1 N–H and O–H groups in total. The molecule has 6 nitrogen and oxygen atoms in total. The summed E-state index contributed by atoms with van der Waals surface area (Å²) >= 11 is 0. The van der Waals surface area contributed by atoms with E-state index in [1.165, 1.54) is 41.3 Å². The van der Waals surface area contributed by atoms with Crippen molar-refractivity contribution in [3.63, 3.8) is 0 Å². The number of para-hydroxylation sites is 2. The van der Waals surface area contributed by atoms with Gasteiger partial charge >= 0.3 is 5.97 Å². The molecule has 0 aliphatic carbocycles. The van der Waals surface area contributed by atoms with Crippen molar-refractivity contribution in [2.45, 2.75) is 32.6 Å². The Hall–Kier alpha value is -4.20. The highest BCUT2D eigenvalue weighted by atomic mass is 19.1. The van der Waals surface area contributed by atoms with Gasteiger partial charge < -0.3 is 10.0 Å². The molecule has 0 saturated heterocycles. The van der Waals surface area contributed by atoms with Gasteiger partial charge in [-0.1, -0.05) is 31.2 Å². The molecule has 0 fully saturated rings. The first-order chi connectivity index (χ1) is 17.8. The first kappa shape index (κ1) is 25.9. The van der Waals surface area contributed by atoms with E-state index in [0.29, 0.717) is 48.1 Å². The number of carbonyl (C=O) groups excluding carboxylic acids is 1. The topological polar surface area (TPSA) is 83.4 Å². The molecule has 190 valence electrons. The molecule has 8 heteroatoms. The van der Waals surface area contributed by atoms with Crippen LogP contribution in [0.3, 0.4) is 0 Å². The summed E-state index contributed by atoms with van der Waals surface area (Å²) in [5.74, 6) is -2.55. The zero-order chi connectivity index (χ0) is 26.4. The lowest BCUT2D eigenvalue weighted by Crippen LogP contribution is -2.34. The molecule has 0 saturated carbocycles. The van der Waals surface area contributed by atoms with Gasteiger partial charge in [-0.05, 0) is 79.8 Å². The van der Waals surface area contributed by atoms with Gasteiger partial charge in [-0.2, -0.15) is 0 Å². The lowest BCUT2D eigenvalue weighted by molar-refractivity contribution is -0.141. The molecule has 3 aromatic carbocycles. The number of benzene rings is 3. The molecule has 0 aliphatic rings. The molecule has 1 amide bonds. The van der Waals surface area contributed by atoms with E-state index >= 15 is 0 Å². The van der Waals surface area contributed by atoms with E-state index < -0.39 is 23.6 Å². The van der Waals surface area contributed by atoms with Gasteiger partial charge in [0.2, 0.25) is 0 Å². The van der Waals surface area contributed by atoms with Crippen molar-refractivity contribution in [3.8, 4) is 0 Å². The fraction of sp³-hybridized carbons (Fsp3) is 0.241. The lowest BCUT2D eigenvalue weighted by Gasteiger charge is -2.24. The third-order valence-electron chi connectivity index (χ3n) is 6.24. The van der Waals surface area contributed by atoms with Crippen molar-refractivity contribution in [1.82, 2.24) is 9.97 Å². The third kappa shape index (κ3) is 6.52. The average Bonchev–Trinajstić information content (AvgIpc) is 2.90. The molecular weight excluding hydrogens is 476 g/mol. The molecule has 1 aromatic heterocycles. The molecule has 1 atom stereocenters. The maximum absolute atomic E-state index is 14.0. The molecular formula is C29H27F2N3O3. The van der Waals surface area contributed by atoms with Crippen molar-refractivity contribution < 1.29 is 23.5 Å². The first-order valence-electron chi connectivity index (χ1n) is 12.1. The van der Waals surface area contributed by atoms with Crippen molar-refractivity contribution in [2.24, 2.45) is 5.92 Å². The fourth-order valence-corrected chi connectivity index (χ4v) is 4.07. The van der Waals surface area contributed by atoms with Crippen LogP contribution in [0.2, 0.25) is 0 Å². The number of carbonyl (C=O) groups is 2. The van der Waals surface area contributed by atoms with Crippen LogP contribution in [0.5, 0.6) is 0 Å². The minimum Gasteiger partial charge on any atom is -0.481 e. The lowest BCUT2D eigenvalue weighted by atomic mass is 10.0. The number of nitrogens with zero attached hydrogens (tertiary/aromatic N) is 3. The van der Waals surface area contributed by atoms with Crippen LogP contribution in [0, 0.1) is 17.6 Å². The number of carboxylic acids is 1. The van der Waals surface area contributed by atoms with Crippen molar-refractivity contribution in [2.75, 3.05) is 11.4 Å².